The molecule has 0 saturated carbocycles. The van der Waals surface area contributed by atoms with Crippen molar-refractivity contribution in [2.75, 3.05) is 19.8 Å². The Kier molecular flexibility index (Phi) is 11.8. The molecule has 0 aromatic heterocycles. The van der Waals surface area contributed by atoms with E-state index in [1.54, 1.807) is 0 Å². The monoisotopic (exact) mass is 571 g/mol. The number of hydrogen-bond acceptors (Lipinski definition) is 15. The van der Waals surface area contributed by atoms with Crippen molar-refractivity contribution in [2.24, 2.45) is 0 Å². The lowest BCUT2D eigenvalue weighted by molar-refractivity contribution is -0.383. The molecule has 0 aromatic carbocycles. The number of hydrogen-bond donors (Lipinski definition) is 9. The zero-order valence-corrected chi connectivity index (χ0v) is 21.9. The van der Waals surface area contributed by atoms with Crippen LogP contribution in [0.25, 0.3) is 0 Å². The van der Waals surface area contributed by atoms with Crippen molar-refractivity contribution >= 4 is 5.91 Å². The number of ether oxygens (including phenoxy) is 6. The van der Waals surface area contributed by atoms with Gasteiger partial charge >= 0.3 is 0 Å². The Morgan fingerprint density at radius 1 is 0.744 bits per heavy atom. The quantitative estimate of drug-likeness (QED) is 0.119. The molecule has 0 aliphatic carbocycles. The second kappa shape index (κ2) is 14.2. The Hall–Kier alpha value is -1.09. The van der Waals surface area contributed by atoms with Crippen LogP contribution < -0.4 is 5.32 Å². The Balaban J connectivity index is 1.93. The number of aliphatic hydroxyl groups is 8. The van der Waals surface area contributed by atoms with Crippen LogP contribution in [0, 0.1) is 0 Å². The van der Waals surface area contributed by atoms with E-state index < -0.39 is 111 Å². The molecule has 3 fully saturated rings. The van der Waals surface area contributed by atoms with Crippen molar-refractivity contribution in [1.82, 2.24) is 5.32 Å². The molecule has 3 saturated heterocycles. The van der Waals surface area contributed by atoms with E-state index in [0.29, 0.717) is 6.42 Å². The van der Waals surface area contributed by atoms with Crippen molar-refractivity contribution in [2.45, 2.75) is 119 Å². The van der Waals surface area contributed by atoms with E-state index in [2.05, 4.69) is 5.32 Å². The number of rotatable bonds is 10. The fraction of sp³-hybridized carbons (Fsp3) is 0.957. The fourth-order valence-electron chi connectivity index (χ4n) is 4.73. The molecular weight excluding hydrogens is 530 g/mol. The molecule has 16 nitrogen and oxygen atoms in total. The average molecular weight is 572 g/mol. The first-order valence-corrected chi connectivity index (χ1v) is 12.9. The van der Waals surface area contributed by atoms with E-state index in [1.165, 1.54) is 13.8 Å². The molecule has 6 unspecified atom stereocenters. The van der Waals surface area contributed by atoms with Gasteiger partial charge in [0.15, 0.2) is 18.9 Å². The summed E-state index contributed by atoms with van der Waals surface area (Å²) in [4.78, 5) is 11.8. The van der Waals surface area contributed by atoms with Crippen molar-refractivity contribution in [3.8, 4) is 0 Å². The molecule has 9 N–H and O–H groups in total. The van der Waals surface area contributed by atoms with Gasteiger partial charge in [-0.15, -0.1) is 0 Å². The third kappa shape index (κ3) is 7.22. The SMILES string of the molecule is CCCO[C@@H]1OC(C)[C@H](O)C(O[C@H]2O[C@@H](CO)[C@@H](O)C(O)C2O)[C@@H]1O[C@@H]1OC(CO)[C@@H](O)C(O)[C@@H]1NC(C)=O. The fourth-order valence-corrected chi connectivity index (χ4v) is 4.73. The highest BCUT2D eigenvalue weighted by Crippen LogP contribution is 2.33. The van der Waals surface area contributed by atoms with Crippen LogP contribution in [0.2, 0.25) is 0 Å². The summed E-state index contributed by atoms with van der Waals surface area (Å²) < 4.78 is 34.6. The lowest BCUT2D eigenvalue weighted by atomic mass is 9.95. The molecule has 3 rings (SSSR count). The van der Waals surface area contributed by atoms with E-state index >= 15 is 0 Å². The van der Waals surface area contributed by atoms with Crippen LogP contribution in [0.4, 0.5) is 0 Å². The highest BCUT2D eigenvalue weighted by atomic mass is 16.8. The van der Waals surface area contributed by atoms with E-state index in [9.17, 15) is 45.6 Å². The summed E-state index contributed by atoms with van der Waals surface area (Å²) in [5.41, 5.74) is 0. The van der Waals surface area contributed by atoms with Crippen molar-refractivity contribution in [3.05, 3.63) is 0 Å². The van der Waals surface area contributed by atoms with Crippen LogP contribution in [-0.4, -0.2) is 159 Å². The van der Waals surface area contributed by atoms with Gasteiger partial charge in [-0.3, -0.25) is 4.79 Å². The van der Waals surface area contributed by atoms with E-state index in [-0.39, 0.29) is 6.61 Å². The number of amides is 1. The second-order valence-corrected chi connectivity index (χ2v) is 9.90. The molecule has 0 aromatic rings. The van der Waals surface area contributed by atoms with Gasteiger partial charge in [-0.2, -0.15) is 0 Å². The molecule has 228 valence electrons. The largest absolute Gasteiger partial charge is 0.394 e. The van der Waals surface area contributed by atoms with Gasteiger partial charge in [0.25, 0.3) is 0 Å². The Labute approximate surface area is 224 Å². The molecule has 15 atom stereocenters. The smallest absolute Gasteiger partial charge is 0.217 e. The van der Waals surface area contributed by atoms with E-state index in [4.69, 9.17) is 28.4 Å². The van der Waals surface area contributed by atoms with Gasteiger partial charge in [0.1, 0.15) is 67.1 Å². The molecule has 3 heterocycles. The van der Waals surface area contributed by atoms with Gasteiger partial charge in [-0.1, -0.05) is 6.92 Å². The van der Waals surface area contributed by atoms with Gasteiger partial charge in [-0.05, 0) is 13.3 Å². The Morgan fingerprint density at radius 2 is 1.31 bits per heavy atom. The molecule has 3 aliphatic rings. The van der Waals surface area contributed by atoms with Gasteiger partial charge in [0.2, 0.25) is 5.91 Å². The first-order valence-electron chi connectivity index (χ1n) is 12.9. The van der Waals surface area contributed by atoms with Crippen molar-refractivity contribution in [3.63, 3.8) is 0 Å². The predicted octanol–water partition coefficient (Wildman–Crippen LogP) is -4.97. The minimum Gasteiger partial charge on any atom is -0.394 e. The van der Waals surface area contributed by atoms with Crippen molar-refractivity contribution in [1.29, 1.82) is 0 Å². The normalized spacial score (nSPS) is 47.1. The maximum atomic E-state index is 11.8. The molecule has 0 spiro atoms. The highest BCUT2D eigenvalue weighted by molar-refractivity contribution is 5.73. The second-order valence-electron chi connectivity index (χ2n) is 9.90. The average Bonchev–Trinajstić information content (AvgIpc) is 2.90. The minimum absolute atomic E-state index is 0.182. The molecule has 0 radical (unpaired) electrons. The Morgan fingerprint density at radius 3 is 1.87 bits per heavy atom. The maximum Gasteiger partial charge on any atom is 0.217 e. The first-order chi connectivity index (χ1) is 18.4. The molecule has 39 heavy (non-hydrogen) atoms. The minimum atomic E-state index is -1.79. The lowest BCUT2D eigenvalue weighted by Gasteiger charge is -2.49. The van der Waals surface area contributed by atoms with Gasteiger partial charge in [0, 0.05) is 13.5 Å². The zero-order valence-electron chi connectivity index (χ0n) is 21.9. The van der Waals surface area contributed by atoms with Crippen LogP contribution in [0.3, 0.4) is 0 Å². The Bertz CT molecular complexity index is 776. The maximum absolute atomic E-state index is 11.8. The summed E-state index contributed by atoms with van der Waals surface area (Å²) in [6, 6.07) is -1.34. The van der Waals surface area contributed by atoms with Crippen LogP contribution in [0.15, 0.2) is 0 Å². The predicted molar refractivity (Wildman–Crippen MR) is 125 cm³/mol. The van der Waals surface area contributed by atoms with Crippen molar-refractivity contribution < 1.29 is 74.1 Å². The third-order valence-corrected chi connectivity index (χ3v) is 6.93. The number of carbonyl (C=O) groups excluding carboxylic acids is 1. The van der Waals surface area contributed by atoms with Crippen LogP contribution in [0.1, 0.15) is 27.2 Å². The van der Waals surface area contributed by atoms with Gasteiger partial charge in [-0.25, -0.2) is 0 Å². The zero-order chi connectivity index (χ0) is 29.0. The molecule has 1 amide bonds. The lowest BCUT2D eigenvalue weighted by Crippen LogP contribution is -2.68. The summed E-state index contributed by atoms with van der Waals surface area (Å²) >= 11 is 0. The topological polar surface area (TPSA) is 246 Å². The van der Waals surface area contributed by atoms with Crippen LogP contribution >= 0.6 is 0 Å². The molecule has 0 bridgehead atoms. The molecule has 3 aliphatic heterocycles. The number of aliphatic hydroxyl groups excluding tert-OH is 8. The number of nitrogens with one attached hydrogen (secondary N) is 1. The van der Waals surface area contributed by atoms with Gasteiger partial charge < -0.3 is 74.6 Å². The van der Waals surface area contributed by atoms with E-state index in [0.717, 1.165) is 0 Å². The molecule has 16 heteroatoms. The summed E-state index contributed by atoms with van der Waals surface area (Å²) in [6.07, 6.45) is -20.0. The van der Waals surface area contributed by atoms with Gasteiger partial charge in [0.05, 0.1) is 19.3 Å². The highest BCUT2D eigenvalue weighted by Gasteiger charge is 2.54. The van der Waals surface area contributed by atoms with Crippen LogP contribution in [0.5, 0.6) is 0 Å². The summed E-state index contributed by atoms with van der Waals surface area (Å²) in [6.45, 7) is 3.29. The summed E-state index contributed by atoms with van der Waals surface area (Å²) in [5.74, 6) is -0.590. The summed E-state index contributed by atoms with van der Waals surface area (Å²) in [7, 11) is 0. The third-order valence-electron chi connectivity index (χ3n) is 6.93. The van der Waals surface area contributed by atoms with Crippen LogP contribution in [-0.2, 0) is 33.2 Å². The number of carbonyl (C=O) groups is 1. The first kappa shape index (κ1) is 32.4. The standard InChI is InChI=1S/C23H41NO15/c1-4-5-34-23-20(39-21-12(24-9(3)27)16(31)14(29)10(6-25)36-21)19(13(28)8(2)35-23)38-22-18(33)17(32)15(30)11(7-26)37-22/h8,10-23,25-26,28-33H,4-7H2,1-3H3,(H,24,27)/t8?,10?,11-,12-,13-,14+,15+,16?,17?,18?,19?,20-,21-,22+,23+/m0/s1. The summed E-state index contributed by atoms with van der Waals surface area (Å²) in [5, 5.41) is 84.4. The van der Waals surface area contributed by atoms with E-state index in [1.807, 2.05) is 6.92 Å². The molecular formula is C23H41NO15.